The maximum atomic E-state index is 12.4. The van der Waals surface area contributed by atoms with Crippen LogP contribution in [0.2, 0.25) is 0 Å². The Morgan fingerprint density at radius 3 is 2.56 bits per heavy atom. The Morgan fingerprint density at radius 2 is 2.06 bits per heavy atom. The van der Waals surface area contributed by atoms with E-state index in [0.717, 1.165) is 4.31 Å². The zero-order valence-corrected chi connectivity index (χ0v) is 12.9. The number of anilines is 1. The smallest absolute Gasteiger partial charge is 0.243 e. The number of aliphatic hydroxyl groups excluding tert-OH is 1. The van der Waals surface area contributed by atoms with Crippen molar-refractivity contribution >= 4 is 31.6 Å². The monoisotopic (exact) mass is 336 g/mol. The van der Waals surface area contributed by atoms with E-state index in [1.165, 1.54) is 13.1 Å². The van der Waals surface area contributed by atoms with E-state index in [0.29, 0.717) is 15.7 Å². The molecule has 0 saturated carbocycles. The van der Waals surface area contributed by atoms with Crippen LogP contribution in [0.1, 0.15) is 12.5 Å². The number of aliphatic hydroxyl groups is 1. The minimum absolute atomic E-state index is 0.150. The first kappa shape index (κ1) is 15.4. The fourth-order valence-electron chi connectivity index (χ4n) is 1.45. The Kier molecular flexibility index (Phi) is 4.77. The Bertz CT molecular complexity index is 545. The maximum absolute atomic E-state index is 12.4. The predicted molar refractivity (Wildman–Crippen MR) is 74.8 cm³/mol. The van der Waals surface area contributed by atoms with Crippen LogP contribution in [-0.2, 0) is 10.0 Å². The predicted octanol–water partition coefficient (Wildman–Crippen LogP) is 1.34. The highest BCUT2D eigenvalue weighted by Gasteiger charge is 2.27. The van der Waals surface area contributed by atoms with Gasteiger partial charge in [0.2, 0.25) is 10.0 Å². The lowest BCUT2D eigenvalue weighted by molar-refractivity contribution is 0.214. The third-order valence-corrected chi connectivity index (χ3v) is 5.46. The second kappa shape index (κ2) is 5.56. The minimum atomic E-state index is -3.66. The second-order valence-electron chi connectivity index (χ2n) is 4.17. The lowest BCUT2D eigenvalue weighted by Gasteiger charge is -2.24. The summed E-state index contributed by atoms with van der Waals surface area (Å²) in [6.45, 7) is 3.05. The van der Waals surface area contributed by atoms with Crippen molar-refractivity contribution < 1.29 is 13.5 Å². The van der Waals surface area contributed by atoms with Gasteiger partial charge in [-0.1, -0.05) is 15.9 Å². The second-order valence-corrected chi connectivity index (χ2v) is 7.05. The topological polar surface area (TPSA) is 83.6 Å². The number of halogens is 1. The molecule has 102 valence electrons. The van der Waals surface area contributed by atoms with Crippen molar-refractivity contribution in [3.8, 4) is 0 Å². The standard InChI is InChI=1S/C11H17BrN2O3S/c1-7(6-15)14(3)18(16,17)11-5-9(12)4-10(13)8(11)2/h4-5,7,15H,6,13H2,1-3H3. The lowest BCUT2D eigenvalue weighted by Crippen LogP contribution is -2.37. The molecule has 1 aromatic carbocycles. The minimum Gasteiger partial charge on any atom is -0.398 e. The van der Waals surface area contributed by atoms with Gasteiger partial charge in [-0.25, -0.2) is 8.42 Å². The Hall–Kier alpha value is -0.630. The third-order valence-electron chi connectivity index (χ3n) is 2.91. The molecule has 0 spiro atoms. The van der Waals surface area contributed by atoms with Crippen LogP contribution < -0.4 is 5.73 Å². The van der Waals surface area contributed by atoms with Gasteiger partial charge in [-0.05, 0) is 31.5 Å². The molecule has 0 aliphatic rings. The van der Waals surface area contributed by atoms with Crippen LogP contribution in [0.5, 0.6) is 0 Å². The van der Waals surface area contributed by atoms with Crippen molar-refractivity contribution in [1.29, 1.82) is 0 Å². The van der Waals surface area contributed by atoms with Gasteiger partial charge in [-0.2, -0.15) is 4.31 Å². The molecule has 0 aliphatic carbocycles. The molecule has 0 saturated heterocycles. The quantitative estimate of drug-likeness (QED) is 0.812. The van der Waals surface area contributed by atoms with Gasteiger partial charge in [0.25, 0.3) is 0 Å². The van der Waals surface area contributed by atoms with Gasteiger partial charge < -0.3 is 10.8 Å². The van der Waals surface area contributed by atoms with E-state index in [2.05, 4.69) is 15.9 Å². The van der Waals surface area contributed by atoms with E-state index in [4.69, 9.17) is 10.8 Å². The molecule has 0 amide bonds. The highest BCUT2D eigenvalue weighted by Crippen LogP contribution is 2.28. The number of hydrogen-bond acceptors (Lipinski definition) is 4. The van der Waals surface area contributed by atoms with Crippen LogP contribution in [0, 0.1) is 6.92 Å². The molecular formula is C11H17BrN2O3S. The summed E-state index contributed by atoms with van der Waals surface area (Å²) in [5.74, 6) is 0. The van der Waals surface area contributed by atoms with E-state index in [1.54, 1.807) is 19.9 Å². The molecule has 18 heavy (non-hydrogen) atoms. The molecule has 0 radical (unpaired) electrons. The van der Waals surface area contributed by atoms with E-state index >= 15 is 0 Å². The molecule has 1 unspecified atom stereocenters. The number of benzene rings is 1. The van der Waals surface area contributed by atoms with Crippen LogP contribution in [0.4, 0.5) is 5.69 Å². The zero-order valence-electron chi connectivity index (χ0n) is 10.5. The van der Waals surface area contributed by atoms with Crippen molar-refractivity contribution in [2.75, 3.05) is 19.4 Å². The SMILES string of the molecule is Cc1c(N)cc(Br)cc1S(=O)(=O)N(C)C(C)CO. The summed E-state index contributed by atoms with van der Waals surface area (Å²) in [5, 5.41) is 9.05. The van der Waals surface area contributed by atoms with Crippen LogP contribution >= 0.6 is 15.9 Å². The summed E-state index contributed by atoms with van der Waals surface area (Å²) in [4.78, 5) is 0.150. The fourth-order valence-corrected chi connectivity index (χ4v) is 3.71. The fraction of sp³-hybridized carbons (Fsp3) is 0.455. The molecule has 0 heterocycles. The Morgan fingerprint density at radius 1 is 1.50 bits per heavy atom. The molecule has 1 atom stereocenters. The first-order valence-corrected chi connectivity index (χ1v) is 7.59. The highest BCUT2D eigenvalue weighted by molar-refractivity contribution is 9.10. The summed E-state index contributed by atoms with van der Waals surface area (Å²) < 4.78 is 26.5. The first-order chi connectivity index (χ1) is 8.21. The summed E-state index contributed by atoms with van der Waals surface area (Å²) in [6.07, 6.45) is 0. The van der Waals surface area contributed by atoms with Crippen molar-refractivity contribution in [3.05, 3.63) is 22.2 Å². The van der Waals surface area contributed by atoms with Gasteiger partial charge in [0.05, 0.1) is 11.5 Å². The molecule has 0 fully saturated rings. The van der Waals surface area contributed by atoms with Crippen molar-refractivity contribution in [2.24, 2.45) is 0 Å². The molecule has 5 nitrogen and oxygen atoms in total. The van der Waals surface area contributed by atoms with Gasteiger partial charge >= 0.3 is 0 Å². The van der Waals surface area contributed by atoms with E-state index in [-0.39, 0.29) is 11.5 Å². The molecule has 0 bridgehead atoms. The molecule has 3 N–H and O–H groups in total. The summed E-state index contributed by atoms with van der Waals surface area (Å²) >= 11 is 3.23. The van der Waals surface area contributed by atoms with Crippen LogP contribution in [-0.4, -0.2) is 37.5 Å². The molecule has 1 aromatic rings. The largest absolute Gasteiger partial charge is 0.398 e. The van der Waals surface area contributed by atoms with Crippen LogP contribution in [0.25, 0.3) is 0 Å². The van der Waals surface area contributed by atoms with Gasteiger partial charge in [-0.3, -0.25) is 0 Å². The number of nitrogens with two attached hydrogens (primary N) is 1. The summed E-state index contributed by atoms with van der Waals surface area (Å²) in [5.41, 5.74) is 6.68. The Labute approximate surface area is 116 Å². The van der Waals surface area contributed by atoms with Crippen molar-refractivity contribution in [1.82, 2.24) is 4.31 Å². The van der Waals surface area contributed by atoms with E-state index in [1.807, 2.05) is 0 Å². The number of hydrogen-bond donors (Lipinski definition) is 2. The number of nitrogens with zero attached hydrogens (tertiary/aromatic N) is 1. The first-order valence-electron chi connectivity index (χ1n) is 5.36. The molecular weight excluding hydrogens is 320 g/mol. The van der Waals surface area contributed by atoms with Crippen LogP contribution in [0.15, 0.2) is 21.5 Å². The van der Waals surface area contributed by atoms with Gasteiger partial charge in [0, 0.05) is 23.2 Å². The van der Waals surface area contributed by atoms with Gasteiger partial charge in [0.1, 0.15) is 0 Å². The van der Waals surface area contributed by atoms with Gasteiger partial charge in [-0.15, -0.1) is 0 Å². The molecule has 0 aliphatic heterocycles. The van der Waals surface area contributed by atoms with E-state index in [9.17, 15) is 8.42 Å². The molecule has 7 heteroatoms. The molecule has 0 aromatic heterocycles. The van der Waals surface area contributed by atoms with Crippen LogP contribution in [0.3, 0.4) is 0 Å². The zero-order chi connectivity index (χ0) is 14.1. The number of nitrogen functional groups attached to an aromatic ring is 1. The van der Waals surface area contributed by atoms with Crippen molar-refractivity contribution in [3.63, 3.8) is 0 Å². The number of likely N-dealkylation sites (N-methyl/N-ethyl adjacent to an activating group) is 1. The lowest BCUT2D eigenvalue weighted by atomic mass is 10.2. The van der Waals surface area contributed by atoms with E-state index < -0.39 is 16.1 Å². The summed E-state index contributed by atoms with van der Waals surface area (Å²) in [7, 11) is -2.23. The molecule has 1 rings (SSSR count). The summed E-state index contributed by atoms with van der Waals surface area (Å²) in [6, 6.07) is 2.68. The average molecular weight is 337 g/mol. The Balaban J connectivity index is 3.37. The average Bonchev–Trinajstić information content (AvgIpc) is 2.31. The van der Waals surface area contributed by atoms with Gasteiger partial charge in [0.15, 0.2) is 0 Å². The highest BCUT2D eigenvalue weighted by atomic mass is 79.9. The number of rotatable bonds is 4. The third kappa shape index (κ3) is 2.85. The van der Waals surface area contributed by atoms with Crippen molar-refractivity contribution in [2.45, 2.75) is 24.8 Å². The maximum Gasteiger partial charge on any atom is 0.243 e. The normalized spacial score (nSPS) is 13.9. The number of sulfonamides is 1.